The van der Waals surface area contributed by atoms with Crippen molar-refractivity contribution in [3.05, 3.63) is 75.7 Å². The van der Waals surface area contributed by atoms with E-state index in [9.17, 15) is 14.4 Å². The average Bonchev–Trinajstić information content (AvgIpc) is 2.75. The summed E-state index contributed by atoms with van der Waals surface area (Å²) in [4.78, 5) is 38.7. The molecule has 2 heterocycles. The Kier molecular flexibility index (Phi) is 5.12. The first-order valence-corrected chi connectivity index (χ1v) is 9.54. The minimum atomic E-state index is -0.887. The van der Waals surface area contributed by atoms with E-state index in [1.807, 2.05) is 18.2 Å². The van der Waals surface area contributed by atoms with Crippen molar-refractivity contribution in [2.75, 3.05) is 6.54 Å². The number of carbonyl (C=O) groups excluding carboxylic acids is 2. The second kappa shape index (κ2) is 7.87. The van der Waals surface area contributed by atoms with Crippen molar-refractivity contribution in [3.63, 3.8) is 0 Å². The molecule has 0 spiro atoms. The van der Waals surface area contributed by atoms with Gasteiger partial charge in [0.25, 0.3) is 11.5 Å². The van der Waals surface area contributed by atoms with Gasteiger partial charge in [-0.2, -0.15) is 5.10 Å². The lowest BCUT2D eigenvalue weighted by molar-refractivity contribution is -0.159. The third-order valence-electron chi connectivity index (χ3n) is 5.19. The number of aromatic amines is 1. The molecule has 0 saturated carbocycles. The molecular weight excluding hydrogens is 370 g/mol. The molecule has 1 amide bonds. The van der Waals surface area contributed by atoms with Gasteiger partial charge in [0.15, 0.2) is 6.10 Å². The SMILES string of the molecule is C[C@@H](OC(=O)Cc1n[nH]c(=O)c2ccccc12)C(=O)N1CCc2ccccc2C1. The molecule has 0 unspecified atom stereocenters. The van der Waals surface area contributed by atoms with E-state index in [1.165, 1.54) is 5.56 Å². The van der Waals surface area contributed by atoms with Crippen molar-refractivity contribution >= 4 is 22.6 Å². The summed E-state index contributed by atoms with van der Waals surface area (Å²) in [6.07, 6.45) is -0.227. The van der Waals surface area contributed by atoms with Crippen molar-refractivity contribution in [2.45, 2.75) is 32.4 Å². The molecule has 148 valence electrons. The predicted octanol–water partition coefficient (Wildman–Crippen LogP) is 1.98. The molecule has 29 heavy (non-hydrogen) atoms. The van der Waals surface area contributed by atoms with Gasteiger partial charge in [0.05, 0.1) is 17.5 Å². The molecule has 1 aliphatic heterocycles. The van der Waals surface area contributed by atoms with Crippen LogP contribution in [0.5, 0.6) is 0 Å². The van der Waals surface area contributed by atoms with E-state index in [0.29, 0.717) is 29.6 Å². The van der Waals surface area contributed by atoms with Gasteiger partial charge in [-0.25, -0.2) is 5.10 Å². The molecule has 0 bridgehead atoms. The summed E-state index contributed by atoms with van der Waals surface area (Å²) >= 11 is 0. The Morgan fingerprint density at radius 3 is 2.59 bits per heavy atom. The number of rotatable bonds is 4. The van der Waals surface area contributed by atoms with E-state index in [0.717, 1.165) is 12.0 Å². The number of benzene rings is 2. The Labute approximate surface area is 167 Å². The highest BCUT2D eigenvalue weighted by atomic mass is 16.5. The maximum Gasteiger partial charge on any atom is 0.312 e. The molecule has 0 radical (unpaired) electrons. The Morgan fingerprint density at radius 2 is 1.79 bits per heavy atom. The number of ether oxygens (including phenoxy) is 1. The maximum absolute atomic E-state index is 12.7. The van der Waals surface area contributed by atoms with Gasteiger partial charge in [0, 0.05) is 18.5 Å². The number of hydrogen-bond donors (Lipinski definition) is 1. The summed E-state index contributed by atoms with van der Waals surface area (Å²) in [5.74, 6) is -0.778. The zero-order valence-corrected chi connectivity index (χ0v) is 16.1. The molecule has 7 nitrogen and oxygen atoms in total. The fourth-order valence-corrected chi connectivity index (χ4v) is 3.67. The van der Waals surface area contributed by atoms with Gasteiger partial charge in [-0.15, -0.1) is 0 Å². The number of esters is 1. The number of fused-ring (bicyclic) bond motifs is 2. The largest absolute Gasteiger partial charge is 0.452 e. The van der Waals surface area contributed by atoms with E-state index >= 15 is 0 Å². The molecule has 7 heteroatoms. The van der Waals surface area contributed by atoms with E-state index < -0.39 is 12.1 Å². The van der Waals surface area contributed by atoms with Crippen LogP contribution in [0, 0.1) is 0 Å². The van der Waals surface area contributed by atoms with E-state index in [-0.39, 0.29) is 17.9 Å². The standard InChI is InChI=1S/C22H21N3O4/c1-14(22(28)25-11-10-15-6-2-3-7-16(15)13-25)29-20(26)12-19-17-8-4-5-9-18(17)21(27)24-23-19/h2-9,14H,10-13H2,1H3,(H,24,27)/t14-/m1/s1. The van der Waals surface area contributed by atoms with Gasteiger partial charge < -0.3 is 9.64 Å². The minimum absolute atomic E-state index is 0.127. The lowest BCUT2D eigenvalue weighted by Crippen LogP contribution is -2.42. The third kappa shape index (κ3) is 3.89. The number of nitrogens with one attached hydrogen (secondary N) is 1. The van der Waals surface area contributed by atoms with E-state index in [4.69, 9.17) is 4.74 Å². The molecule has 3 aromatic rings. The normalized spacial score (nSPS) is 14.3. The van der Waals surface area contributed by atoms with Crippen LogP contribution in [-0.2, 0) is 33.7 Å². The van der Waals surface area contributed by atoms with Gasteiger partial charge >= 0.3 is 5.97 Å². The van der Waals surface area contributed by atoms with Gasteiger partial charge in [0.1, 0.15) is 0 Å². The monoisotopic (exact) mass is 391 g/mol. The highest BCUT2D eigenvalue weighted by molar-refractivity contribution is 5.88. The van der Waals surface area contributed by atoms with Gasteiger partial charge in [0.2, 0.25) is 0 Å². The van der Waals surface area contributed by atoms with Crippen LogP contribution in [-0.4, -0.2) is 39.6 Å². The third-order valence-corrected chi connectivity index (χ3v) is 5.19. The van der Waals surface area contributed by atoms with Crippen molar-refractivity contribution in [3.8, 4) is 0 Å². The van der Waals surface area contributed by atoms with Gasteiger partial charge in [-0.3, -0.25) is 14.4 Å². The van der Waals surface area contributed by atoms with Crippen LogP contribution in [0.15, 0.2) is 53.3 Å². The fraction of sp³-hybridized carbons (Fsp3) is 0.273. The molecule has 0 aliphatic carbocycles. The molecule has 1 N–H and O–H groups in total. The van der Waals surface area contributed by atoms with Crippen LogP contribution in [0.3, 0.4) is 0 Å². The summed E-state index contributed by atoms with van der Waals surface area (Å²) in [7, 11) is 0. The lowest BCUT2D eigenvalue weighted by Gasteiger charge is -2.30. The fourth-order valence-electron chi connectivity index (χ4n) is 3.67. The first kappa shape index (κ1) is 18.9. The summed E-state index contributed by atoms with van der Waals surface area (Å²) in [5, 5.41) is 7.43. The number of amides is 1. The van der Waals surface area contributed by atoms with E-state index in [2.05, 4.69) is 16.3 Å². The number of H-pyrrole nitrogens is 1. The summed E-state index contributed by atoms with van der Waals surface area (Å²) in [6.45, 7) is 2.70. The Hall–Kier alpha value is -3.48. The zero-order valence-electron chi connectivity index (χ0n) is 16.1. The first-order valence-electron chi connectivity index (χ1n) is 9.54. The highest BCUT2D eigenvalue weighted by Gasteiger charge is 2.27. The molecule has 1 aromatic heterocycles. The van der Waals surface area contributed by atoms with Crippen LogP contribution in [0.1, 0.15) is 23.7 Å². The highest BCUT2D eigenvalue weighted by Crippen LogP contribution is 2.20. The Balaban J connectivity index is 1.42. The Morgan fingerprint density at radius 1 is 1.10 bits per heavy atom. The van der Waals surface area contributed by atoms with Crippen LogP contribution in [0.4, 0.5) is 0 Å². The maximum atomic E-state index is 12.7. The second-order valence-electron chi connectivity index (χ2n) is 7.13. The first-order chi connectivity index (χ1) is 14.0. The molecule has 1 aliphatic rings. The molecular formula is C22H21N3O4. The van der Waals surface area contributed by atoms with Gasteiger partial charge in [-0.1, -0.05) is 42.5 Å². The molecule has 4 rings (SSSR count). The lowest BCUT2D eigenvalue weighted by atomic mass is 9.99. The van der Waals surface area contributed by atoms with Crippen LogP contribution >= 0.6 is 0 Å². The quantitative estimate of drug-likeness (QED) is 0.687. The summed E-state index contributed by atoms with van der Waals surface area (Å²) in [5.41, 5.74) is 2.47. The van der Waals surface area contributed by atoms with Gasteiger partial charge in [-0.05, 0) is 30.5 Å². The smallest absolute Gasteiger partial charge is 0.312 e. The molecule has 1 atom stereocenters. The predicted molar refractivity (Wildman–Crippen MR) is 107 cm³/mol. The van der Waals surface area contributed by atoms with Crippen molar-refractivity contribution < 1.29 is 14.3 Å². The van der Waals surface area contributed by atoms with Crippen molar-refractivity contribution in [1.29, 1.82) is 0 Å². The summed E-state index contributed by atoms with van der Waals surface area (Å²) in [6, 6.07) is 15.0. The molecule has 0 saturated heterocycles. The Bertz CT molecular complexity index is 1140. The number of carbonyl (C=O) groups is 2. The topological polar surface area (TPSA) is 92.4 Å². The van der Waals surface area contributed by atoms with Crippen LogP contribution in [0.25, 0.3) is 10.8 Å². The minimum Gasteiger partial charge on any atom is -0.452 e. The number of aromatic nitrogens is 2. The summed E-state index contributed by atoms with van der Waals surface area (Å²) < 4.78 is 5.37. The van der Waals surface area contributed by atoms with Crippen LogP contribution in [0.2, 0.25) is 0 Å². The number of nitrogens with zero attached hydrogens (tertiary/aromatic N) is 2. The molecule has 2 aromatic carbocycles. The average molecular weight is 391 g/mol. The van der Waals surface area contributed by atoms with Crippen molar-refractivity contribution in [1.82, 2.24) is 15.1 Å². The van der Waals surface area contributed by atoms with Crippen LogP contribution < -0.4 is 5.56 Å². The second-order valence-corrected chi connectivity index (χ2v) is 7.13. The molecule has 0 fully saturated rings. The zero-order chi connectivity index (χ0) is 20.4. The van der Waals surface area contributed by atoms with E-state index in [1.54, 1.807) is 36.1 Å². The van der Waals surface area contributed by atoms with Crippen molar-refractivity contribution in [2.24, 2.45) is 0 Å². The number of hydrogen-bond acceptors (Lipinski definition) is 5.